The average Bonchev–Trinajstić information content (AvgIpc) is 2.44. The minimum atomic E-state index is -0.515. The molecule has 0 aromatic heterocycles. The van der Waals surface area contributed by atoms with Crippen molar-refractivity contribution in [2.45, 2.75) is 0 Å². The fraction of sp³-hybridized carbons (Fsp3) is 0. The number of halogens is 3. The van der Waals surface area contributed by atoms with Crippen LogP contribution in [0.25, 0.3) is 0 Å². The lowest BCUT2D eigenvalue weighted by molar-refractivity contribution is 0.0955. The first kappa shape index (κ1) is 15.3. The van der Waals surface area contributed by atoms with E-state index >= 15 is 0 Å². The van der Waals surface area contributed by atoms with E-state index in [0.29, 0.717) is 5.02 Å². The van der Waals surface area contributed by atoms with Crippen LogP contribution >= 0.6 is 23.2 Å². The molecule has 108 valence electrons. The first-order valence-corrected chi connectivity index (χ1v) is 6.50. The number of nitrogens with zero attached hydrogens (tertiary/aromatic N) is 1. The Morgan fingerprint density at radius 2 is 1.90 bits per heavy atom. The van der Waals surface area contributed by atoms with E-state index in [1.807, 2.05) is 0 Å². The molecule has 0 heterocycles. The fourth-order valence-electron chi connectivity index (χ4n) is 1.51. The van der Waals surface area contributed by atoms with Crippen molar-refractivity contribution in [1.82, 2.24) is 5.43 Å². The molecule has 0 saturated heterocycles. The molecule has 2 N–H and O–H groups in total. The molecule has 0 fully saturated rings. The van der Waals surface area contributed by atoms with E-state index in [2.05, 4.69) is 10.5 Å². The van der Waals surface area contributed by atoms with Crippen LogP contribution in [0, 0.1) is 5.82 Å². The quantitative estimate of drug-likeness (QED) is 0.668. The van der Waals surface area contributed by atoms with Gasteiger partial charge < -0.3 is 5.11 Å². The highest BCUT2D eigenvalue weighted by molar-refractivity contribution is 6.36. The lowest BCUT2D eigenvalue weighted by atomic mass is 10.2. The van der Waals surface area contributed by atoms with Gasteiger partial charge in [0.1, 0.15) is 11.6 Å². The van der Waals surface area contributed by atoms with Gasteiger partial charge in [-0.3, -0.25) is 4.79 Å². The van der Waals surface area contributed by atoms with Gasteiger partial charge in [-0.15, -0.1) is 0 Å². The standard InChI is InChI=1S/C14H9Cl2FN2O2/c15-10-5-9(13(20)12(16)6-10)7-18-19-14(21)8-1-3-11(17)4-2-8/h1-7,20H,(H,19,21)/b18-7+. The molecule has 0 bridgehead atoms. The molecule has 0 aliphatic rings. The molecule has 4 nitrogen and oxygen atoms in total. The van der Waals surface area contributed by atoms with Crippen molar-refractivity contribution in [3.05, 3.63) is 63.4 Å². The zero-order valence-corrected chi connectivity index (χ0v) is 12.0. The van der Waals surface area contributed by atoms with Crippen LogP contribution in [0.5, 0.6) is 5.75 Å². The van der Waals surface area contributed by atoms with Crippen LogP contribution in [-0.2, 0) is 0 Å². The second-order valence-electron chi connectivity index (χ2n) is 4.03. The third-order valence-corrected chi connectivity index (χ3v) is 3.04. The first-order chi connectivity index (χ1) is 9.97. The Morgan fingerprint density at radius 3 is 2.57 bits per heavy atom. The van der Waals surface area contributed by atoms with Crippen LogP contribution in [-0.4, -0.2) is 17.2 Å². The summed E-state index contributed by atoms with van der Waals surface area (Å²) in [6, 6.07) is 7.81. The van der Waals surface area contributed by atoms with E-state index < -0.39 is 11.7 Å². The summed E-state index contributed by atoms with van der Waals surface area (Å²) in [5, 5.41) is 13.8. The van der Waals surface area contributed by atoms with E-state index in [4.69, 9.17) is 23.2 Å². The van der Waals surface area contributed by atoms with Gasteiger partial charge in [0.25, 0.3) is 5.91 Å². The Morgan fingerprint density at radius 1 is 1.24 bits per heavy atom. The van der Waals surface area contributed by atoms with Gasteiger partial charge in [0.05, 0.1) is 11.2 Å². The van der Waals surface area contributed by atoms with Crippen molar-refractivity contribution in [3.8, 4) is 5.75 Å². The van der Waals surface area contributed by atoms with Gasteiger partial charge in [0, 0.05) is 16.1 Å². The molecule has 0 aliphatic heterocycles. The third kappa shape index (κ3) is 3.93. The lowest BCUT2D eigenvalue weighted by Gasteiger charge is -2.03. The van der Waals surface area contributed by atoms with E-state index in [1.54, 1.807) is 0 Å². The largest absolute Gasteiger partial charge is 0.506 e. The summed E-state index contributed by atoms with van der Waals surface area (Å²) in [6.45, 7) is 0. The summed E-state index contributed by atoms with van der Waals surface area (Å²) < 4.78 is 12.7. The van der Waals surface area contributed by atoms with Crippen LogP contribution in [0.15, 0.2) is 41.5 Å². The van der Waals surface area contributed by atoms with Gasteiger partial charge in [0.15, 0.2) is 0 Å². The molecule has 0 saturated carbocycles. The van der Waals surface area contributed by atoms with Crippen molar-refractivity contribution in [2.75, 3.05) is 0 Å². The number of amides is 1. The highest BCUT2D eigenvalue weighted by Gasteiger charge is 2.07. The Balaban J connectivity index is 2.09. The molecule has 2 aromatic carbocycles. The van der Waals surface area contributed by atoms with Gasteiger partial charge in [0.2, 0.25) is 0 Å². The van der Waals surface area contributed by atoms with Crippen molar-refractivity contribution in [1.29, 1.82) is 0 Å². The summed E-state index contributed by atoms with van der Waals surface area (Å²) in [5.41, 5.74) is 2.75. The number of nitrogens with one attached hydrogen (secondary N) is 1. The summed E-state index contributed by atoms with van der Waals surface area (Å²) in [4.78, 5) is 11.7. The van der Waals surface area contributed by atoms with Gasteiger partial charge in [-0.1, -0.05) is 23.2 Å². The van der Waals surface area contributed by atoms with Crippen molar-refractivity contribution in [3.63, 3.8) is 0 Å². The number of hydrogen-bond acceptors (Lipinski definition) is 3. The molecule has 0 aliphatic carbocycles. The second-order valence-corrected chi connectivity index (χ2v) is 4.88. The van der Waals surface area contributed by atoms with E-state index in [9.17, 15) is 14.3 Å². The smallest absolute Gasteiger partial charge is 0.271 e. The topological polar surface area (TPSA) is 61.7 Å². The number of hydrazone groups is 1. The summed E-state index contributed by atoms with van der Waals surface area (Å²) >= 11 is 11.5. The number of aromatic hydroxyl groups is 1. The summed E-state index contributed by atoms with van der Waals surface area (Å²) in [7, 11) is 0. The minimum Gasteiger partial charge on any atom is -0.506 e. The maximum absolute atomic E-state index is 12.7. The van der Waals surface area contributed by atoms with Crippen LogP contribution < -0.4 is 5.43 Å². The first-order valence-electron chi connectivity index (χ1n) is 5.74. The van der Waals surface area contributed by atoms with Crippen LogP contribution in [0.4, 0.5) is 4.39 Å². The molecular weight excluding hydrogens is 318 g/mol. The molecule has 2 rings (SSSR count). The molecule has 1 amide bonds. The third-order valence-electron chi connectivity index (χ3n) is 2.53. The normalized spacial score (nSPS) is 10.8. The van der Waals surface area contributed by atoms with E-state index in [1.165, 1.54) is 42.6 Å². The zero-order valence-electron chi connectivity index (χ0n) is 10.5. The number of hydrogen-bond donors (Lipinski definition) is 2. The zero-order chi connectivity index (χ0) is 15.4. The number of rotatable bonds is 3. The van der Waals surface area contributed by atoms with E-state index in [0.717, 1.165) is 0 Å². The molecule has 0 spiro atoms. The van der Waals surface area contributed by atoms with Crippen LogP contribution in [0.1, 0.15) is 15.9 Å². The summed E-state index contributed by atoms with van der Waals surface area (Å²) in [5.74, 6) is -1.15. The van der Waals surface area contributed by atoms with Gasteiger partial charge >= 0.3 is 0 Å². The highest BCUT2D eigenvalue weighted by atomic mass is 35.5. The molecule has 0 atom stereocenters. The maximum Gasteiger partial charge on any atom is 0.271 e. The number of phenols is 1. The monoisotopic (exact) mass is 326 g/mol. The summed E-state index contributed by atoms with van der Waals surface area (Å²) in [6.07, 6.45) is 1.20. The van der Waals surface area contributed by atoms with Crippen molar-refractivity contribution < 1.29 is 14.3 Å². The van der Waals surface area contributed by atoms with E-state index in [-0.39, 0.29) is 21.9 Å². The van der Waals surface area contributed by atoms with Crippen LogP contribution in [0.2, 0.25) is 10.0 Å². The number of benzene rings is 2. The van der Waals surface area contributed by atoms with Gasteiger partial charge in [-0.25, -0.2) is 9.82 Å². The predicted molar refractivity (Wildman–Crippen MR) is 79.6 cm³/mol. The lowest BCUT2D eigenvalue weighted by Crippen LogP contribution is -2.17. The Kier molecular flexibility index (Phi) is 4.77. The molecule has 2 aromatic rings. The Hall–Kier alpha value is -2.11. The Labute approximate surface area is 129 Å². The number of phenolic OH excluding ortho intramolecular Hbond substituents is 1. The molecule has 7 heteroatoms. The fourth-order valence-corrected chi connectivity index (χ4v) is 2.02. The highest BCUT2D eigenvalue weighted by Crippen LogP contribution is 2.29. The predicted octanol–water partition coefficient (Wildman–Crippen LogP) is 3.60. The van der Waals surface area contributed by atoms with Crippen molar-refractivity contribution in [2.24, 2.45) is 5.10 Å². The molecule has 0 unspecified atom stereocenters. The average molecular weight is 327 g/mol. The SMILES string of the molecule is O=C(N/N=C/c1cc(Cl)cc(Cl)c1O)c1ccc(F)cc1. The second kappa shape index (κ2) is 6.56. The Bertz CT molecular complexity index is 703. The van der Waals surface area contributed by atoms with Gasteiger partial charge in [-0.2, -0.15) is 5.10 Å². The van der Waals surface area contributed by atoms with Crippen LogP contribution in [0.3, 0.4) is 0 Å². The minimum absolute atomic E-state index is 0.0776. The number of carbonyl (C=O) groups is 1. The van der Waals surface area contributed by atoms with Crippen molar-refractivity contribution >= 4 is 35.3 Å². The molecular formula is C14H9Cl2FN2O2. The molecule has 0 radical (unpaired) electrons. The molecule has 21 heavy (non-hydrogen) atoms. The maximum atomic E-state index is 12.7. The van der Waals surface area contributed by atoms with Gasteiger partial charge in [-0.05, 0) is 36.4 Å². The number of carbonyl (C=O) groups excluding carboxylic acids is 1.